The molecule has 2 aromatic heterocycles. The molecule has 156 valence electrons. The van der Waals surface area contributed by atoms with Gasteiger partial charge < -0.3 is 5.73 Å². The molecule has 0 saturated heterocycles. The summed E-state index contributed by atoms with van der Waals surface area (Å²) in [6, 6.07) is 6.42. The van der Waals surface area contributed by atoms with Crippen LogP contribution in [0.2, 0.25) is 0 Å². The molecule has 2 aromatic rings. The van der Waals surface area contributed by atoms with Crippen LogP contribution in [-0.4, -0.2) is 21.7 Å². The topological polar surface area (TPSA) is 95.9 Å². The van der Waals surface area contributed by atoms with Gasteiger partial charge in [-0.2, -0.15) is 5.26 Å². The summed E-state index contributed by atoms with van der Waals surface area (Å²) in [5, 5.41) is 19.3. The average molecular weight is 458 g/mol. The molecule has 1 atom stereocenters. The van der Waals surface area contributed by atoms with Gasteiger partial charge in [-0.1, -0.05) is 36.9 Å². The lowest BCUT2D eigenvalue weighted by atomic mass is 9.78. The van der Waals surface area contributed by atoms with Crippen molar-refractivity contribution in [2.24, 2.45) is 5.73 Å². The Labute approximate surface area is 188 Å². The molecule has 1 aliphatic heterocycles. The number of carbonyl (C=O) groups is 1. The minimum absolute atomic E-state index is 0.100. The number of nitrogens with zero attached hydrogens (tertiary/aromatic N) is 4. The van der Waals surface area contributed by atoms with Crippen molar-refractivity contribution >= 4 is 45.4 Å². The number of nitrogens with two attached hydrogens (primary N) is 1. The lowest BCUT2D eigenvalue weighted by molar-refractivity contribution is -0.116. The largest absolute Gasteiger partial charge is 0.384 e. The number of Topliss-reactive ketones (excluding diaryl/α,β-unsaturated/α-hetero) is 1. The Kier molecular flexibility index (Phi) is 6.27. The molecule has 6 nitrogen and oxygen atoms in total. The highest BCUT2D eigenvalue weighted by Crippen LogP contribution is 2.48. The lowest BCUT2D eigenvalue weighted by Gasteiger charge is -2.37. The van der Waals surface area contributed by atoms with E-state index in [4.69, 9.17) is 5.73 Å². The maximum atomic E-state index is 13.1. The highest BCUT2D eigenvalue weighted by Gasteiger charge is 2.41. The van der Waals surface area contributed by atoms with Gasteiger partial charge in [-0.3, -0.25) is 9.69 Å². The number of aromatic nitrogens is 2. The third kappa shape index (κ3) is 3.68. The predicted molar refractivity (Wildman–Crippen MR) is 123 cm³/mol. The van der Waals surface area contributed by atoms with Gasteiger partial charge in [0.2, 0.25) is 5.13 Å². The standard InChI is InChI=1S/C21H23N5OS3/c1-3-10-28-21-25-24-20(30-21)26-14-6-5-7-15(27)18(14)17(13(11-22)19(26)23)16-9-8-12(4-2)29-16/h8-9,17H,3-7,10,23H2,1-2H3. The Morgan fingerprint density at radius 2 is 2.13 bits per heavy atom. The van der Waals surface area contributed by atoms with Gasteiger partial charge in [-0.05, 0) is 37.8 Å². The molecular formula is C21H23N5OS3. The second kappa shape index (κ2) is 8.92. The van der Waals surface area contributed by atoms with Gasteiger partial charge >= 0.3 is 0 Å². The number of hydrogen-bond acceptors (Lipinski definition) is 9. The van der Waals surface area contributed by atoms with Crippen LogP contribution in [0.25, 0.3) is 0 Å². The van der Waals surface area contributed by atoms with Gasteiger partial charge in [0, 0.05) is 33.2 Å². The van der Waals surface area contributed by atoms with Crippen molar-refractivity contribution in [1.29, 1.82) is 5.26 Å². The summed E-state index contributed by atoms with van der Waals surface area (Å²) in [6.07, 6.45) is 3.99. The third-order valence-electron chi connectivity index (χ3n) is 5.25. The number of anilines is 1. The molecule has 9 heteroatoms. The molecule has 1 unspecified atom stereocenters. The summed E-state index contributed by atoms with van der Waals surface area (Å²) < 4.78 is 0.871. The van der Waals surface area contributed by atoms with Crippen molar-refractivity contribution in [3.63, 3.8) is 0 Å². The van der Waals surface area contributed by atoms with Crippen LogP contribution in [0.15, 0.2) is 39.1 Å². The van der Waals surface area contributed by atoms with E-state index in [2.05, 4.69) is 36.2 Å². The first-order chi connectivity index (χ1) is 14.6. The number of ketones is 1. The van der Waals surface area contributed by atoms with Crippen molar-refractivity contribution in [2.45, 2.75) is 56.2 Å². The Morgan fingerprint density at radius 3 is 2.83 bits per heavy atom. The van der Waals surface area contributed by atoms with Crippen molar-refractivity contribution < 1.29 is 4.79 Å². The monoisotopic (exact) mass is 457 g/mol. The van der Waals surface area contributed by atoms with Crippen LogP contribution in [0.3, 0.4) is 0 Å². The first kappa shape index (κ1) is 21.1. The van der Waals surface area contributed by atoms with Gasteiger partial charge in [-0.25, -0.2) is 0 Å². The van der Waals surface area contributed by atoms with Crippen LogP contribution < -0.4 is 10.6 Å². The first-order valence-electron chi connectivity index (χ1n) is 10.1. The number of hydrogen-bond donors (Lipinski definition) is 1. The van der Waals surface area contributed by atoms with Crippen LogP contribution in [0, 0.1) is 11.3 Å². The Bertz CT molecular complexity index is 1070. The fourth-order valence-electron chi connectivity index (χ4n) is 3.87. The molecular weight excluding hydrogens is 434 g/mol. The summed E-state index contributed by atoms with van der Waals surface area (Å²) in [6.45, 7) is 4.23. The zero-order valence-corrected chi connectivity index (χ0v) is 19.4. The average Bonchev–Trinajstić information content (AvgIpc) is 3.41. The van der Waals surface area contributed by atoms with Crippen molar-refractivity contribution in [2.75, 3.05) is 10.7 Å². The number of carbonyl (C=O) groups excluding carboxylic acids is 1. The van der Waals surface area contributed by atoms with E-state index < -0.39 is 0 Å². The van der Waals surface area contributed by atoms with E-state index in [0.29, 0.717) is 28.5 Å². The van der Waals surface area contributed by atoms with Crippen LogP contribution in [-0.2, 0) is 11.2 Å². The predicted octanol–water partition coefficient (Wildman–Crippen LogP) is 4.97. The molecule has 0 radical (unpaired) electrons. The van der Waals surface area contributed by atoms with E-state index >= 15 is 0 Å². The SMILES string of the molecule is CCCSc1nnc(N2C(N)=C(C#N)C(c3ccc(CC)s3)C3=C2CCCC3=O)s1. The van der Waals surface area contributed by atoms with Crippen LogP contribution in [0.4, 0.5) is 5.13 Å². The molecule has 0 amide bonds. The fraction of sp³-hybridized carbons (Fsp3) is 0.429. The molecule has 0 fully saturated rings. The van der Waals surface area contributed by atoms with E-state index in [9.17, 15) is 10.1 Å². The first-order valence-corrected chi connectivity index (χ1v) is 12.7. The van der Waals surface area contributed by atoms with Gasteiger partial charge in [0.15, 0.2) is 10.1 Å². The molecule has 2 aliphatic rings. The van der Waals surface area contributed by atoms with E-state index in [1.54, 1.807) is 23.1 Å². The van der Waals surface area contributed by atoms with Gasteiger partial charge in [0.25, 0.3) is 0 Å². The summed E-state index contributed by atoms with van der Waals surface area (Å²) in [7, 11) is 0. The number of allylic oxidation sites excluding steroid dienone is 3. The second-order valence-corrected chi connectivity index (χ2v) is 10.7. The van der Waals surface area contributed by atoms with Crippen molar-refractivity contribution in [1.82, 2.24) is 10.2 Å². The number of aryl methyl sites for hydroxylation is 1. The minimum atomic E-state index is -0.388. The minimum Gasteiger partial charge on any atom is -0.384 e. The number of rotatable bonds is 6. The molecule has 0 spiro atoms. The van der Waals surface area contributed by atoms with Crippen LogP contribution in [0.5, 0.6) is 0 Å². The highest BCUT2D eigenvalue weighted by atomic mass is 32.2. The highest BCUT2D eigenvalue weighted by molar-refractivity contribution is 8.01. The van der Waals surface area contributed by atoms with Crippen molar-refractivity contribution in [3.05, 3.63) is 44.6 Å². The molecule has 2 N–H and O–H groups in total. The van der Waals surface area contributed by atoms with Gasteiger partial charge in [-0.15, -0.1) is 21.5 Å². The van der Waals surface area contributed by atoms with Gasteiger partial charge in [0.1, 0.15) is 5.82 Å². The molecule has 3 heterocycles. The van der Waals surface area contributed by atoms with Gasteiger partial charge in [0.05, 0.1) is 17.6 Å². The maximum Gasteiger partial charge on any atom is 0.219 e. The van der Waals surface area contributed by atoms with E-state index in [1.165, 1.54) is 16.2 Å². The molecule has 0 bridgehead atoms. The molecule has 0 saturated carbocycles. The van der Waals surface area contributed by atoms with Crippen LogP contribution in [0.1, 0.15) is 55.2 Å². The van der Waals surface area contributed by atoms with Crippen molar-refractivity contribution in [3.8, 4) is 6.07 Å². The zero-order chi connectivity index (χ0) is 21.3. The summed E-state index contributed by atoms with van der Waals surface area (Å²) in [4.78, 5) is 17.1. The van der Waals surface area contributed by atoms with E-state index in [-0.39, 0.29) is 11.7 Å². The Balaban J connectivity index is 1.84. The second-order valence-electron chi connectivity index (χ2n) is 7.17. The number of thiophene rings is 1. The molecule has 0 aromatic carbocycles. The van der Waals surface area contributed by atoms with E-state index in [0.717, 1.165) is 46.3 Å². The Hall–Kier alpha value is -2.15. The maximum absolute atomic E-state index is 13.1. The number of thioether (sulfide) groups is 1. The molecule has 1 aliphatic carbocycles. The molecule has 4 rings (SSSR count). The summed E-state index contributed by atoms with van der Waals surface area (Å²) in [5.41, 5.74) is 8.57. The van der Waals surface area contributed by atoms with E-state index in [1.807, 2.05) is 11.0 Å². The summed E-state index contributed by atoms with van der Waals surface area (Å²) >= 11 is 4.77. The zero-order valence-electron chi connectivity index (χ0n) is 17.0. The normalized spacial score (nSPS) is 19.3. The fourth-order valence-corrected chi connectivity index (χ4v) is 6.75. The quantitative estimate of drug-likeness (QED) is 0.612. The van der Waals surface area contributed by atoms with Crippen LogP contribution >= 0.6 is 34.4 Å². The number of nitriles is 1. The molecule has 30 heavy (non-hydrogen) atoms. The smallest absolute Gasteiger partial charge is 0.219 e. The third-order valence-corrected chi connectivity index (χ3v) is 8.79. The Morgan fingerprint density at radius 1 is 1.30 bits per heavy atom. The lowest BCUT2D eigenvalue weighted by Crippen LogP contribution is -2.38. The summed E-state index contributed by atoms with van der Waals surface area (Å²) in [5.74, 6) is 1.05.